The van der Waals surface area contributed by atoms with E-state index in [1.807, 2.05) is 18.9 Å². The first-order chi connectivity index (χ1) is 8.25. The van der Waals surface area contributed by atoms with Crippen LogP contribution in [0.1, 0.15) is 23.6 Å². The Bertz CT molecular complexity index is 415. The molecule has 0 aliphatic carbocycles. The molecule has 0 aromatic heterocycles. The van der Waals surface area contributed by atoms with Crippen molar-refractivity contribution in [3.63, 3.8) is 0 Å². The highest BCUT2D eigenvalue weighted by molar-refractivity contribution is 5.43. The summed E-state index contributed by atoms with van der Waals surface area (Å²) in [4.78, 5) is 2.03. The number of rotatable bonds is 4. The summed E-state index contributed by atoms with van der Waals surface area (Å²) in [6.45, 7) is 5.24. The molecule has 0 atom stereocenters. The molecule has 0 fully saturated rings. The van der Waals surface area contributed by atoms with Crippen molar-refractivity contribution in [3.05, 3.63) is 28.8 Å². The van der Waals surface area contributed by atoms with E-state index in [1.165, 1.54) is 6.07 Å². The van der Waals surface area contributed by atoms with E-state index in [0.717, 1.165) is 12.6 Å². The molecular formula is C13H18F3NO. The summed E-state index contributed by atoms with van der Waals surface area (Å²) in [7, 11) is 1.92. The summed E-state index contributed by atoms with van der Waals surface area (Å²) < 4.78 is 38.0. The average molecular weight is 261 g/mol. The lowest BCUT2D eigenvalue weighted by molar-refractivity contribution is -0.138. The first kappa shape index (κ1) is 14.8. The van der Waals surface area contributed by atoms with Crippen LogP contribution in [0.15, 0.2) is 12.1 Å². The Hall–Kier alpha value is -1.23. The van der Waals surface area contributed by atoms with Gasteiger partial charge in [0.05, 0.1) is 5.56 Å². The quantitative estimate of drug-likeness (QED) is 0.899. The summed E-state index contributed by atoms with van der Waals surface area (Å²) in [5.41, 5.74) is 0.354. The van der Waals surface area contributed by atoms with Gasteiger partial charge in [-0.1, -0.05) is 6.92 Å². The molecule has 5 heteroatoms. The van der Waals surface area contributed by atoms with Crippen molar-refractivity contribution in [2.24, 2.45) is 0 Å². The minimum atomic E-state index is -4.51. The molecule has 2 nitrogen and oxygen atoms in total. The number of benzene rings is 1. The van der Waals surface area contributed by atoms with Crippen LogP contribution in [0, 0.1) is 6.92 Å². The molecule has 0 saturated carbocycles. The monoisotopic (exact) mass is 261 g/mol. The number of halogens is 3. The zero-order valence-electron chi connectivity index (χ0n) is 10.8. The molecule has 0 saturated heterocycles. The number of likely N-dealkylation sites (N-methyl/N-ethyl adjacent to an activating group) is 1. The highest BCUT2D eigenvalue weighted by atomic mass is 19.4. The second-order valence-electron chi connectivity index (χ2n) is 4.44. The zero-order valence-corrected chi connectivity index (χ0v) is 10.8. The van der Waals surface area contributed by atoms with E-state index in [-0.39, 0.29) is 0 Å². The number of hydrogen-bond acceptors (Lipinski definition) is 2. The van der Waals surface area contributed by atoms with E-state index in [0.29, 0.717) is 24.1 Å². The Morgan fingerprint density at radius 2 is 1.89 bits per heavy atom. The van der Waals surface area contributed by atoms with E-state index < -0.39 is 17.5 Å². The average Bonchev–Trinajstić information content (AvgIpc) is 2.25. The Labute approximate surface area is 105 Å². The van der Waals surface area contributed by atoms with Gasteiger partial charge in [-0.15, -0.1) is 0 Å². The number of nitrogens with zero attached hydrogens (tertiary/aromatic N) is 1. The van der Waals surface area contributed by atoms with Gasteiger partial charge in [0, 0.05) is 6.54 Å². The van der Waals surface area contributed by atoms with Crippen LogP contribution in [-0.4, -0.2) is 30.1 Å². The van der Waals surface area contributed by atoms with Gasteiger partial charge in [-0.2, -0.15) is 13.2 Å². The molecule has 102 valence electrons. The van der Waals surface area contributed by atoms with Crippen LogP contribution in [0.5, 0.6) is 5.75 Å². The number of hydrogen-bond donors (Lipinski definition) is 1. The molecule has 0 heterocycles. The SMILES string of the molecule is CCN(C)CCc1cc(C(F)(F)F)c(O)cc1C. The van der Waals surface area contributed by atoms with Gasteiger partial charge in [-0.25, -0.2) is 0 Å². The third kappa shape index (κ3) is 3.63. The normalized spacial score (nSPS) is 12.2. The highest BCUT2D eigenvalue weighted by Crippen LogP contribution is 2.37. The number of phenols is 1. The van der Waals surface area contributed by atoms with Gasteiger partial charge in [0.2, 0.25) is 0 Å². The van der Waals surface area contributed by atoms with E-state index in [1.54, 1.807) is 6.92 Å². The van der Waals surface area contributed by atoms with Gasteiger partial charge in [-0.05, 0) is 50.2 Å². The summed E-state index contributed by atoms with van der Waals surface area (Å²) in [5.74, 6) is -0.701. The molecule has 18 heavy (non-hydrogen) atoms. The van der Waals surface area contributed by atoms with Crippen LogP contribution in [0.25, 0.3) is 0 Å². The molecule has 0 amide bonds. The molecule has 0 unspecified atom stereocenters. The molecule has 0 spiro atoms. The molecule has 1 rings (SSSR count). The smallest absolute Gasteiger partial charge is 0.419 e. The van der Waals surface area contributed by atoms with Crippen molar-refractivity contribution < 1.29 is 18.3 Å². The van der Waals surface area contributed by atoms with Crippen molar-refractivity contribution >= 4 is 0 Å². The van der Waals surface area contributed by atoms with Crippen molar-refractivity contribution in [1.82, 2.24) is 4.90 Å². The van der Waals surface area contributed by atoms with E-state index >= 15 is 0 Å². The van der Waals surface area contributed by atoms with E-state index in [9.17, 15) is 18.3 Å². The predicted octanol–water partition coefficient (Wildman–Crippen LogP) is 3.21. The summed E-state index contributed by atoms with van der Waals surface area (Å²) in [6, 6.07) is 2.23. The van der Waals surface area contributed by atoms with Crippen LogP contribution >= 0.6 is 0 Å². The summed E-state index contributed by atoms with van der Waals surface area (Å²) >= 11 is 0. The Morgan fingerprint density at radius 1 is 1.28 bits per heavy atom. The maximum Gasteiger partial charge on any atom is 0.419 e. The van der Waals surface area contributed by atoms with Crippen molar-refractivity contribution in [1.29, 1.82) is 0 Å². The van der Waals surface area contributed by atoms with E-state index in [2.05, 4.69) is 0 Å². The zero-order chi connectivity index (χ0) is 13.9. The van der Waals surface area contributed by atoms with Crippen molar-refractivity contribution in [2.45, 2.75) is 26.4 Å². The number of aromatic hydroxyl groups is 1. The first-order valence-electron chi connectivity index (χ1n) is 5.84. The van der Waals surface area contributed by atoms with Gasteiger partial charge in [0.25, 0.3) is 0 Å². The summed E-state index contributed by atoms with van der Waals surface area (Å²) in [6.07, 6.45) is -3.97. The second kappa shape index (κ2) is 5.61. The fourth-order valence-electron chi connectivity index (χ4n) is 1.70. The number of alkyl halides is 3. The van der Waals surface area contributed by atoms with Gasteiger partial charge < -0.3 is 10.0 Å². The molecule has 0 bridgehead atoms. The summed E-state index contributed by atoms with van der Waals surface area (Å²) in [5, 5.41) is 9.34. The van der Waals surface area contributed by atoms with Crippen LogP contribution in [0.2, 0.25) is 0 Å². The van der Waals surface area contributed by atoms with Crippen molar-refractivity contribution in [3.8, 4) is 5.75 Å². The minimum Gasteiger partial charge on any atom is -0.507 e. The maximum absolute atomic E-state index is 12.7. The van der Waals surface area contributed by atoms with Crippen LogP contribution < -0.4 is 0 Å². The topological polar surface area (TPSA) is 23.5 Å². The lowest BCUT2D eigenvalue weighted by Gasteiger charge is -2.17. The van der Waals surface area contributed by atoms with Gasteiger partial charge in [-0.3, -0.25) is 0 Å². The van der Waals surface area contributed by atoms with Crippen LogP contribution in [0.3, 0.4) is 0 Å². The Kier molecular flexibility index (Phi) is 4.62. The third-order valence-electron chi connectivity index (χ3n) is 3.06. The standard InChI is InChI=1S/C13H18F3NO/c1-4-17(3)6-5-10-8-11(13(14,15)16)12(18)7-9(10)2/h7-8,18H,4-6H2,1-3H3. The Morgan fingerprint density at radius 3 is 2.39 bits per heavy atom. The molecule has 0 aliphatic rings. The highest BCUT2D eigenvalue weighted by Gasteiger charge is 2.34. The van der Waals surface area contributed by atoms with E-state index in [4.69, 9.17) is 0 Å². The van der Waals surface area contributed by atoms with Gasteiger partial charge in [0.15, 0.2) is 0 Å². The first-order valence-corrected chi connectivity index (χ1v) is 5.84. The third-order valence-corrected chi connectivity index (χ3v) is 3.06. The largest absolute Gasteiger partial charge is 0.507 e. The fourth-order valence-corrected chi connectivity index (χ4v) is 1.70. The molecule has 1 aromatic carbocycles. The van der Waals surface area contributed by atoms with Crippen LogP contribution in [-0.2, 0) is 12.6 Å². The maximum atomic E-state index is 12.7. The molecule has 0 radical (unpaired) electrons. The minimum absolute atomic E-state index is 0.541. The molecular weight excluding hydrogens is 243 g/mol. The fraction of sp³-hybridized carbons (Fsp3) is 0.538. The second-order valence-corrected chi connectivity index (χ2v) is 4.44. The number of phenolic OH excluding ortho intramolecular Hbond substituents is 1. The lowest BCUT2D eigenvalue weighted by Crippen LogP contribution is -2.21. The van der Waals surface area contributed by atoms with Crippen molar-refractivity contribution in [2.75, 3.05) is 20.1 Å². The van der Waals surface area contributed by atoms with Crippen LogP contribution in [0.4, 0.5) is 13.2 Å². The van der Waals surface area contributed by atoms with Gasteiger partial charge >= 0.3 is 6.18 Å². The Balaban J connectivity index is 2.99. The number of aryl methyl sites for hydroxylation is 1. The van der Waals surface area contributed by atoms with Gasteiger partial charge in [0.1, 0.15) is 5.75 Å². The molecule has 0 aliphatic heterocycles. The molecule has 1 N–H and O–H groups in total. The lowest BCUT2D eigenvalue weighted by atomic mass is 10.0. The molecule has 1 aromatic rings. The predicted molar refractivity (Wildman–Crippen MR) is 64.7 cm³/mol.